The van der Waals surface area contributed by atoms with Crippen molar-refractivity contribution >= 4 is 5.91 Å². The molecule has 0 aliphatic carbocycles. The van der Waals surface area contributed by atoms with E-state index >= 15 is 0 Å². The van der Waals surface area contributed by atoms with Gasteiger partial charge in [-0.05, 0) is 29.8 Å². The Morgan fingerprint density at radius 1 is 1.08 bits per heavy atom. The number of hydrogen-bond donors (Lipinski definition) is 1. The molecule has 1 amide bonds. The number of rotatable bonds is 5. The normalized spacial score (nSPS) is 10.6. The van der Waals surface area contributed by atoms with Crippen molar-refractivity contribution in [3.8, 4) is 11.4 Å². The molecule has 5 nitrogen and oxygen atoms in total. The highest BCUT2D eigenvalue weighted by Gasteiger charge is 2.13. The maximum absolute atomic E-state index is 13.7. The average molecular weight is 329 g/mol. The number of carbonyl (C=O) groups is 1. The van der Waals surface area contributed by atoms with Crippen LogP contribution >= 0.6 is 0 Å². The molecule has 1 aromatic heterocycles. The van der Waals surface area contributed by atoms with E-state index < -0.39 is 5.82 Å². The minimum Gasteiger partial charge on any atom is -0.347 e. The largest absolute Gasteiger partial charge is 0.347 e. The van der Waals surface area contributed by atoms with E-state index in [1.807, 2.05) is 0 Å². The molecular formula is C17H13F2N3O2. The first kappa shape index (κ1) is 15.8. The summed E-state index contributed by atoms with van der Waals surface area (Å²) in [7, 11) is 0. The fourth-order valence-electron chi connectivity index (χ4n) is 2.10. The van der Waals surface area contributed by atoms with Gasteiger partial charge < -0.3 is 9.84 Å². The molecule has 0 fully saturated rings. The van der Waals surface area contributed by atoms with Gasteiger partial charge >= 0.3 is 0 Å². The van der Waals surface area contributed by atoms with Crippen LogP contribution in [-0.4, -0.2) is 16.0 Å². The first-order valence-electron chi connectivity index (χ1n) is 7.20. The SMILES string of the molecule is O=C(Cc1ccc(F)cc1)NCc1nc(-c2ccccc2F)no1. The molecule has 0 saturated heterocycles. The molecule has 24 heavy (non-hydrogen) atoms. The zero-order valence-corrected chi connectivity index (χ0v) is 12.5. The predicted octanol–water partition coefficient (Wildman–Crippen LogP) is 2.87. The summed E-state index contributed by atoms with van der Waals surface area (Å²) in [4.78, 5) is 15.9. The van der Waals surface area contributed by atoms with Crippen molar-refractivity contribution in [2.24, 2.45) is 0 Å². The van der Waals surface area contributed by atoms with Gasteiger partial charge in [0.25, 0.3) is 0 Å². The summed E-state index contributed by atoms with van der Waals surface area (Å²) >= 11 is 0. The van der Waals surface area contributed by atoms with Gasteiger partial charge in [-0.1, -0.05) is 29.4 Å². The van der Waals surface area contributed by atoms with Gasteiger partial charge in [-0.25, -0.2) is 8.78 Å². The fourth-order valence-corrected chi connectivity index (χ4v) is 2.10. The second-order valence-electron chi connectivity index (χ2n) is 5.07. The molecule has 1 heterocycles. The van der Waals surface area contributed by atoms with Crippen molar-refractivity contribution in [1.29, 1.82) is 0 Å². The molecule has 122 valence electrons. The van der Waals surface area contributed by atoms with Crippen molar-refractivity contribution in [3.05, 3.63) is 71.6 Å². The summed E-state index contributed by atoms with van der Waals surface area (Å²) in [6.45, 7) is 0.0292. The highest BCUT2D eigenvalue weighted by molar-refractivity contribution is 5.78. The third-order valence-electron chi connectivity index (χ3n) is 3.30. The van der Waals surface area contributed by atoms with Crippen LogP contribution in [0.25, 0.3) is 11.4 Å². The zero-order valence-electron chi connectivity index (χ0n) is 12.5. The highest BCUT2D eigenvalue weighted by atomic mass is 19.1. The van der Waals surface area contributed by atoms with Gasteiger partial charge in [-0.3, -0.25) is 4.79 Å². The lowest BCUT2D eigenvalue weighted by molar-refractivity contribution is -0.120. The van der Waals surface area contributed by atoms with Crippen LogP contribution in [-0.2, 0) is 17.8 Å². The lowest BCUT2D eigenvalue weighted by Crippen LogP contribution is -2.24. The molecule has 3 rings (SSSR count). The molecule has 1 N–H and O–H groups in total. The van der Waals surface area contributed by atoms with E-state index in [-0.39, 0.29) is 42.0 Å². The Morgan fingerprint density at radius 3 is 2.58 bits per heavy atom. The number of amides is 1. The molecule has 0 atom stereocenters. The molecule has 0 bridgehead atoms. The molecule has 0 radical (unpaired) electrons. The van der Waals surface area contributed by atoms with Crippen molar-refractivity contribution < 1.29 is 18.1 Å². The second-order valence-corrected chi connectivity index (χ2v) is 5.07. The average Bonchev–Trinajstić information content (AvgIpc) is 3.04. The van der Waals surface area contributed by atoms with E-state index in [2.05, 4.69) is 15.5 Å². The number of halogens is 2. The van der Waals surface area contributed by atoms with Crippen LogP contribution in [0.3, 0.4) is 0 Å². The van der Waals surface area contributed by atoms with E-state index in [1.54, 1.807) is 12.1 Å². The van der Waals surface area contributed by atoms with Gasteiger partial charge in [0.1, 0.15) is 11.6 Å². The van der Waals surface area contributed by atoms with Crippen molar-refractivity contribution in [1.82, 2.24) is 15.5 Å². The lowest BCUT2D eigenvalue weighted by atomic mass is 10.1. The molecule has 0 aliphatic rings. The summed E-state index contributed by atoms with van der Waals surface area (Å²) in [6, 6.07) is 11.7. The Kier molecular flexibility index (Phi) is 4.60. The first-order chi connectivity index (χ1) is 11.6. The first-order valence-corrected chi connectivity index (χ1v) is 7.20. The highest BCUT2D eigenvalue weighted by Crippen LogP contribution is 2.19. The summed E-state index contributed by atoms with van der Waals surface area (Å²) in [6.07, 6.45) is 0.106. The van der Waals surface area contributed by atoms with Gasteiger partial charge in [0.15, 0.2) is 0 Å². The van der Waals surface area contributed by atoms with Gasteiger partial charge in [0.2, 0.25) is 17.6 Å². The van der Waals surface area contributed by atoms with Crippen LogP contribution in [0.1, 0.15) is 11.5 Å². The summed E-state index contributed by atoms with van der Waals surface area (Å²) in [5, 5.41) is 6.32. The maximum atomic E-state index is 13.7. The molecule has 0 unspecified atom stereocenters. The number of nitrogens with zero attached hydrogens (tertiary/aromatic N) is 2. The standard InChI is InChI=1S/C17H13F2N3O2/c18-12-7-5-11(6-8-12)9-15(23)20-10-16-21-17(22-24-16)13-3-1-2-4-14(13)19/h1-8H,9-10H2,(H,20,23). The Labute approximate surface area is 136 Å². The topological polar surface area (TPSA) is 68.0 Å². The second kappa shape index (κ2) is 6.99. The molecule has 3 aromatic rings. The van der Waals surface area contributed by atoms with Crippen LogP contribution in [0, 0.1) is 11.6 Å². The number of nitrogens with one attached hydrogen (secondary N) is 1. The van der Waals surface area contributed by atoms with E-state index in [1.165, 1.54) is 36.4 Å². The Balaban J connectivity index is 1.58. The van der Waals surface area contributed by atoms with Gasteiger partial charge in [0, 0.05) is 0 Å². The quantitative estimate of drug-likeness (QED) is 0.781. The molecule has 7 heteroatoms. The molecule has 0 spiro atoms. The predicted molar refractivity (Wildman–Crippen MR) is 81.6 cm³/mol. The summed E-state index contributed by atoms with van der Waals surface area (Å²) in [5.41, 5.74) is 0.914. The van der Waals surface area contributed by atoms with E-state index in [9.17, 15) is 13.6 Å². The third-order valence-corrected chi connectivity index (χ3v) is 3.30. The number of benzene rings is 2. The minimum atomic E-state index is -0.454. The molecule has 0 saturated carbocycles. The van der Waals surface area contributed by atoms with E-state index in [4.69, 9.17) is 4.52 Å². The van der Waals surface area contributed by atoms with Crippen molar-refractivity contribution in [3.63, 3.8) is 0 Å². The smallest absolute Gasteiger partial charge is 0.246 e. The number of aromatic nitrogens is 2. The summed E-state index contributed by atoms with van der Waals surface area (Å²) in [5.74, 6) is -0.792. The van der Waals surface area contributed by atoms with Gasteiger partial charge in [0.05, 0.1) is 18.5 Å². The zero-order chi connectivity index (χ0) is 16.9. The Morgan fingerprint density at radius 2 is 1.83 bits per heavy atom. The van der Waals surface area contributed by atoms with Crippen molar-refractivity contribution in [2.45, 2.75) is 13.0 Å². The van der Waals surface area contributed by atoms with E-state index in [0.717, 1.165) is 0 Å². The van der Waals surface area contributed by atoms with Gasteiger partial charge in [-0.15, -0.1) is 0 Å². The lowest BCUT2D eigenvalue weighted by Gasteiger charge is -2.02. The molecule has 2 aromatic carbocycles. The Hall–Kier alpha value is -3.09. The number of carbonyl (C=O) groups excluding carboxylic acids is 1. The van der Waals surface area contributed by atoms with Crippen LogP contribution in [0.5, 0.6) is 0 Å². The minimum absolute atomic E-state index is 0.0292. The van der Waals surface area contributed by atoms with Crippen LogP contribution in [0.15, 0.2) is 53.1 Å². The number of hydrogen-bond acceptors (Lipinski definition) is 4. The maximum Gasteiger partial charge on any atom is 0.246 e. The summed E-state index contributed by atoms with van der Waals surface area (Å²) < 4.78 is 31.5. The fraction of sp³-hybridized carbons (Fsp3) is 0.118. The van der Waals surface area contributed by atoms with Gasteiger partial charge in [-0.2, -0.15) is 4.98 Å². The third kappa shape index (κ3) is 3.81. The Bertz CT molecular complexity index is 847. The van der Waals surface area contributed by atoms with Crippen molar-refractivity contribution in [2.75, 3.05) is 0 Å². The van der Waals surface area contributed by atoms with Crippen LogP contribution in [0.2, 0.25) is 0 Å². The van der Waals surface area contributed by atoms with E-state index in [0.29, 0.717) is 5.56 Å². The van der Waals surface area contributed by atoms with Crippen LogP contribution in [0.4, 0.5) is 8.78 Å². The monoisotopic (exact) mass is 329 g/mol. The molecular weight excluding hydrogens is 316 g/mol. The van der Waals surface area contributed by atoms with Crippen LogP contribution < -0.4 is 5.32 Å². The molecule has 0 aliphatic heterocycles.